The van der Waals surface area contributed by atoms with Gasteiger partial charge in [0.25, 0.3) is 0 Å². The maximum absolute atomic E-state index is 13.2. The Morgan fingerprint density at radius 1 is 1.29 bits per heavy atom. The van der Waals surface area contributed by atoms with E-state index in [1.807, 2.05) is 0 Å². The number of halogens is 2. The smallest absolute Gasteiger partial charge is 0.339 e. The fourth-order valence-electron chi connectivity index (χ4n) is 1.74. The van der Waals surface area contributed by atoms with Crippen LogP contribution < -0.4 is 9.47 Å². The molecule has 0 spiro atoms. The van der Waals surface area contributed by atoms with Gasteiger partial charge in [-0.15, -0.1) is 0 Å². The Bertz CT molecular complexity index is 673. The minimum absolute atomic E-state index is 0.0165. The minimum atomic E-state index is -1.17. The molecule has 0 aromatic heterocycles. The summed E-state index contributed by atoms with van der Waals surface area (Å²) in [4.78, 5) is 11.1. The van der Waals surface area contributed by atoms with Gasteiger partial charge in [-0.1, -0.05) is 15.9 Å². The van der Waals surface area contributed by atoms with Crippen LogP contribution in [0.1, 0.15) is 15.9 Å². The van der Waals surface area contributed by atoms with Gasteiger partial charge in [-0.3, -0.25) is 0 Å². The Hall–Kier alpha value is -2.08. The van der Waals surface area contributed by atoms with Crippen molar-refractivity contribution >= 4 is 21.9 Å². The molecule has 21 heavy (non-hydrogen) atoms. The van der Waals surface area contributed by atoms with Crippen LogP contribution in [0.4, 0.5) is 4.39 Å². The molecular formula is C15H12BrFO4. The molecule has 2 aromatic rings. The van der Waals surface area contributed by atoms with Gasteiger partial charge in [0.15, 0.2) is 0 Å². The van der Waals surface area contributed by atoms with Crippen LogP contribution in [0.3, 0.4) is 0 Å². The molecule has 4 nitrogen and oxygen atoms in total. The first kappa shape index (κ1) is 15.3. The highest BCUT2D eigenvalue weighted by atomic mass is 79.9. The lowest BCUT2D eigenvalue weighted by Crippen LogP contribution is -2.04. The first-order chi connectivity index (χ1) is 10.0. The monoisotopic (exact) mass is 354 g/mol. The van der Waals surface area contributed by atoms with E-state index in [1.54, 1.807) is 25.3 Å². The molecule has 0 aliphatic rings. The van der Waals surface area contributed by atoms with Crippen molar-refractivity contribution < 1.29 is 23.8 Å². The van der Waals surface area contributed by atoms with Crippen molar-refractivity contribution in [3.8, 4) is 11.5 Å². The number of carbonyl (C=O) groups is 1. The Morgan fingerprint density at radius 3 is 2.71 bits per heavy atom. The van der Waals surface area contributed by atoms with Crippen LogP contribution in [0.25, 0.3) is 0 Å². The third-order valence-electron chi connectivity index (χ3n) is 2.81. The summed E-state index contributed by atoms with van der Waals surface area (Å²) in [5, 5.41) is 9.06. The molecule has 0 amide bonds. The van der Waals surface area contributed by atoms with Gasteiger partial charge >= 0.3 is 5.97 Å². The zero-order chi connectivity index (χ0) is 15.4. The molecule has 0 atom stereocenters. The van der Waals surface area contributed by atoms with Crippen LogP contribution >= 0.6 is 15.9 Å². The molecule has 2 aromatic carbocycles. The summed E-state index contributed by atoms with van der Waals surface area (Å²) in [6.45, 7) is 0.0848. The summed E-state index contributed by atoms with van der Waals surface area (Å²) in [6, 6.07) is 8.63. The van der Waals surface area contributed by atoms with Crippen LogP contribution in [0.15, 0.2) is 40.9 Å². The largest absolute Gasteiger partial charge is 0.497 e. The van der Waals surface area contributed by atoms with Gasteiger partial charge in [-0.2, -0.15) is 0 Å². The van der Waals surface area contributed by atoms with Crippen LogP contribution in [-0.2, 0) is 6.61 Å². The maximum Gasteiger partial charge on any atom is 0.339 e. The molecule has 0 unspecified atom stereocenters. The number of aromatic carboxylic acids is 1. The van der Waals surface area contributed by atoms with Crippen molar-refractivity contribution in [1.29, 1.82) is 0 Å². The topological polar surface area (TPSA) is 55.8 Å². The van der Waals surface area contributed by atoms with E-state index in [2.05, 4.69) is 15.9 Å². The number of carboxylic acid groups (broad SMARTS) is 1. The van der Waals surface area contributed by atoms with Gasteiger partial charge < -0.3 is 14.6 Å². The summed E-state index contributed by atoms with van der Waals surface area (Å²) >= 11 is 3.37. The van der Waals surface area contributed by atoms with Gasteiger partial charge in [0.1, 0.15) is 29.5 Å². The number of carboxylic acids is 1. The zero-order valence-corrected chi connectivity index (χ0v) is 12.7. The van der Waals surface area contributed by atoms with Gasteiger partial charge in [0.05, 0.1) is 7.11 Å². The van der Waals surface area contributed by atoms with Gasteiger partial charge in [-0.05, 0) is 30.3 Å². The highest BCUT2D eigenvalue weighted by Gasteiger charge is 2.13. The second-order valence-corrected chi connectivity index (χ2v) is 5.05. The molecule has 0 fully saturated rings. The van der Waals surface area contributed by atoms with Gasteiger partial charge in [0, 0.05) is 16.1 Å². The van der Waals surface area contributed by atoms with Crippen molar-refractivity contribution in [1.82, 2.24) is 0 Å². The van der Waals surface area contributed by atoms with Gasteiger partial charge in [0.2, 0.25) is 0 Å². The van der Waals surface area contributed by atoms with Crippen LogP contribution in [0.2, 0.25) is 0 Å². The molecule has 2 rings (SSSR count). The summed E-state index contributed by atoms with van der Waals surface area (Å²) in [5.74, 6) is -1.10. The molecule has 0 saturated carbocycles. The van der Waals surface area contributed by atoms with Crippen molar-refractivity contribution in [2.45, 2.75) is 6.61 Å². The number of ether oxygens (including phenoxy) is 2. The SMILES string of the molecule is COc1ccc(Br)c(COc2cc(F)ccc2C(=O)O)c1. The van der Waals surface area contributed by atoms with E-state index in [4.69, 9.17) is 14.6 Å². The highest BCUT2D eigenvalue weighted by molar-refractivity contribution is 9.10. The lowest BCUT2D eigenvalue weighted by molar-refractivity contribution is 0.0691. The quantitative estimate of drug-likeness (QED) is 0.885. The lowest BCUT2D eigenvalue weighted by atomic mass is 10.2. The number of hydrogen-bond acceptors (Lipinski definition) is 3. The number of rotatable bonds is 5. The average molecular weight is 355 g/mol. The standard InChI is InChI=1S/C15H12BrFO4/c1-20-11-3-5-13(16)9(6-11)8-21-14-7-10(17)2-4-12(14)15(18)19/h2-7H,8H2,1H3,(H,18,19). The Morgan fingerprint density at radius 2 is 2.05 bits per heavy atom. The summed E-state index contributed by atoms with van der Waals surface area (Å²) in [6.07, 6.45) is 0. The number of benzene rings is 2. The molecule has 110 valence electrons. The molecule has 1 N–H and O–H groups in total. The van der Waals surface area contributed by atoms with E-state index < -0.39 is 11.8 Å². The van der Waals surface area contributed by atoms with E-state index in [-0.39, 0.29) is 17.9 Å². The first-order valence-corrected chi connectivity index (χ1v) is 6.78. The fourth-order valence-corrected chi connectivity index (χ4v) is 2.10. The number of methoxy groups -OCH3 is 1. The first-order valence-electron chi connectivity index (χ1n) is 5.99. The molecule has 0 aliphatic heterocycles. The van der Waals surface area contributed by atoms with E-state index in [0.717, 1.165) is 22.2 Å². The van der Waals surface area contributed by atoms with Crippen LogP contribution in [-0.4, -0.2) is 18.2 Å². The van der Waals surface area contributed by atoms with Crippen molar-refractivity contribution in [3.05, 3.63) is 57.8 Å². The van der Waals surface area contributed by atoms with E-state index >= 15 is 0 Å². The molecular weight excluding hydrogens is 343 g/mol. The van der Waals surface area contributed by atoms with E-state index in [1.165, 1.54) is 6.07 Å². The predicted molar refractivity (Wildman–Crippen MR) is 78.4 cm³/mol. The van der Waals surface area contributed by atoms with Crippen LogP contribution in [0.5, 0.6) is 11.5 Å². The molecule has 0 aliphatic carbocycles. The van der Waals surface area contributed by atoms with Crippen LogP contribution in [0, 0.1) is 5.82 Å². The summed E-state index contributed by atoms with van der Waals surface area (Å²) in [7, 11) is 1.54. The Labute approximate surface area is 129 Å². The minimum Gasteiger partial charge on any atom is -0.497 e. The number of hydrogen-bond donors (Lipinski definition) is 1. The Balaban J connectivity index is 2.24. The third kappa shape index (κ3) is 3.72. The highest BCUT2D eigenvalue weighted by Crippen LogP contribution is 2.26. The fraction of sp³-hybridized carbons (Fsp3) is 0.133. The van der Waals surface area contributed by atoms with Crippen molar-refractivity contribution in [3.63, 3.8) is 0 Å². The summed E-state index contributed by atoms with van der Waals surface area (Å²) in [5.41, 5.74) is 0.672. The third-order valence-corrected chi connectivity index (χ3v) is 3.58. The second-order valence-electron chi connectivity index (χ2n) is 4.19. The zero-order valence-electron chi connectivity index (χ0n) is 11.1. The van der Waals surface area contributed by atoms with Crippen molar-refractivity contribution in [2.75, 3.05) is 7.11 Å². The molecule has 0 saturated heterocycles. The molecule has 0 radical (unpaired) electrons. The lowest BCUT2D eigenvalue weighted by Gasteiger charge is -2.11. The molecule has 0 bridgehead atoms. The molecule has 6 heteroatoms. The van der Waals surface area contributed by atoms with E-state index in [9.17, 15) is 9.18 Å². The summed E-state index contributed by atoms with van der Waals surface area (Å²) < 4.78 is 24.6. The average Bonchev–Trinajstić information content (AvgIpc) is 2.46. The van der Waals surface area contributed by atoms with E-state index in [0.29, 0.717) is 5.75 Å². The van der Waals surface area contributed by atoms with Gasteiger partial charge in [-0.25, -0.2) is 9.18 Å². The van der Waals surface area contributed by atoms with Crippen molar-refractivity contribution in [2.24, 2.45) is 0 Å². The molecule has 0 heterocycles. The predicted octanol–water partition coefficient (Wildman–Crippen LogP) is 3.87. The second kappa shape index (κ2) is 6.58. The maximum atomic E-state index is 13.2. The normalized spacial score (nSPS) is 10.2. The Kier molecular flexibility index (Phi) is 4.80.